The molecule has 132 valence electrons. The van der Waals surface area contributed by atoms with Crippen molar-refractivity contribution in [1.82, 2.24) is 15.4 Å². The summed E-state index contributed by atoms with van der Waals surface area (Å²) in [6.45, 7) is 4.96. The van der Waals surface area contributed by atoms with Crippen LogP contribution in [0.2, 0.25) is 0 Å². The topological polar surface area (TPSA) is 77.4 Å². The Morgan fingerprint density at radius 2 is 1.92 bits per heavy atom. The number of aromatic nitrogens is 3. The van der Waals surface area contributed by atoms with Crippen LogP contribution < -0.4 is 9.47 Å². The zero-order chi connectivity index (χ0) is 17.6. The van der Waals surface area contributed by atoms with E-state index in [1.807, 2.05) is 12.1 Å². The van der Waals surface area contributed by atoms with E-state index in [-0.39, 0.29) is 5.75 Å². The lowest BCUT2D eigenvalue weighted by Crippen LogP contribution is -2.00. The van der Waals surface area contributed by atoms with E-state index < -0.39 is 0 Å². The van der Waals surface area contributed by atoms with Gasteiger partial charge in [0.1, 0.15) is 0 Å². The van der Waals surface area contributed by atoms with E-state index >= 15 is 0 Å². The lowest BCUT2D eigenvalue weighted by molar-refractivity contribution is 0.286. The van der Waals surface area contributed by atoms with Crippen molar-refractivity contribution >= 4 is 0 Å². The minimum absolute atomic E-state index is 0.259. The van der Waals surface area contributed by atoms with Crippen LogP contribution in [0.1, 0.15) is 45.1 Å². The van der Waals surface area contributed by atoms with Gasteiger partial charge >= 0.3 is 0 Å². The number of phenols is 1. The molecule has 1 heterocycles. The van der Waals surface area contributed by atoms with Crippen LogP contribution in [0.3, 0.4) is 0 Å². The second-order valence-corrected chi connectivity index (χ2v) is 5.19. The normalized spacial score (nSPS) is 9.79. The summed E-state index contributed by atoms with van der Waals surface area (Å²) in [5.41, 5.74) is 1.08. The Morgan fingerprint density at radius 3 is 2.50 bits per heavy atom. The Balaban J connectivity index is 0.000000300. The molecule has 0 aliphatic heterocycles. The van der Waals surface area contributed by atoms with Crippen molar-refractivity contribution in [2.24, 2.45) is 0 Å². The molecule has 1 aromatic heterocycles. The molecule has 2 aromatic rings. The molecule has 0 saturated carbocycles. The molecule has 0 aliphatic rings. The molecule has 0 fully saturated rings. The van der Waals surface area contributed by atoms with Gasteiger partial charge in [-0.1, -0.05) is 50.3 Å². The summed E-state index contributed by atoms with van der Waals surface area (Å²) in [5, 5.41) is 20.0. The molecular formula is C18H27N3O3. The quantitative estimate of drug-likeness (QED) is 0.741. The molecule has 1 N–H and O–H groups in total. The van der Waals surface area contributed by atoms with Crippen molar-refractivity contribution < 1.29 is 14.6 Å². The van der Waals surface area contributed by atoms with Crippen molar-refractivity contribution in [1.29, 1.82) is 0 Å². The Morgan fingerprint density at radius 1 is 1.08 bits per heavy atom. The van der Waals surface area contributed by atoms with Gasteiger partial charge in [0.2, 0.25) is 5.88 Å². The number of aromatic hydroxyl groups is 1. The maximum atomic E-state index is 9.70. The summed E-state index contributed by atoms with van der Waals surface area (Å²) in [6.07, 6.45) is 7.16. The lowest BCUT2D eigenvalue weighted by atomic mass is 10.1. The van der Waals surface area contributed by atoms with Crippen molar-refractivity contribution in [3.8, 4) is 17.4 Å². The predicted octanol–water partition coefficient (Wildman–Crippen LogP) is 3.79. The van der Waals surface area contributed by atoms with Crippen molar-refractivity contribution in [2.45, 2.75) is 46.0 Å². The lowest BCUT2D eigenvalue weighted by Gasteiger charge is -2.11. The smallest absolute Gasteiger partial charge is 0.236 e. The van der Waals surface area contributed by atoms with E-state index in [9.17, 15) is 5.11 Å². The SMILES string of the molecule is CCCCCCOc1c(O)cccc1CC.COc1ccnnn1. The van der Waals surface area contributed by atoms with Crippen molar-refractivity contribution in [2.75, 3.05) is 13.7 Å². The predicted molar refractivity (Wildman–Crippen MR) is 93.5 cm³/mol. The molecular weight excluding hydrogens is 306 g/mol. The molecule has 0 bridgehead atoms. The highest BCUT2D eigenvalue weighted by molar-refractivity contribution is 5.45. The van der Waals surface area contributed by atoms with E-state index in [1.165, 1.54) is 32.6 Å². The minimum Gasteiger partial charge on any atom is -0.504 e. The molecule has 0 aliphatic carbocycles. The third-order valence-electron chi connectivity index (χ3n) is 3.39. The fraction of sp³-hybridized carbons (Fsp3) is 0.500. The molecule has 24 heavy (non-hydrogen) atoms. The number of nitrogens with zero attached hydrogens (tertiary/aromatic N) is 3. The van der Waals surface area contributed by atoms with Crippen LogP contribution in [-0.2, 0) is 6.42 Å². The van der Waals surface area contributed by atoms with Crippen LogP contribution in [-0.4, -0.2) is 34.2 Å². The first-order chi connectivity index (χ1) is 11.7. The Bertz CT molecular complexity index is 565. The number of methoxy groups -OCH3 is 1. The van der Waals surface area contributed by atoms with E-state index in [0.29, 0.717) is 18.2 Å². The van der Waals surface area contributed by atoms with Crippen LogP contribution in [0, 0.1) is 0 Å². The van der Waals surface area contributed by atoms with Gasteiger partial charge in [-0.05, 0) is 29.7 Å². The van der Waals surface area contributed by atoms with Gasteiger partial charge in [-0.3, -0.25) is 0 Å². The van der Waals surface area contributed by atoms with Gasteiger partial charge in [0.05, 0.1) is 19.9 Å². The Labute approximate surface area is 143 Å². The van der Waals surface area contributed by atoms with Gasteiger partial charge in [-0.15, -0.1) is 5.10 Å². The average Bonchev–Trinajstić information content (AvgIpc) is 2.63. The first-order valence-corrected chi connectivity index (χ1v) is 8.34. The maximum Gasteiger partial charge on any atom is 0.236 e. The molecule has 1 aromatic carbocycles. The van der Waals surface area contributed by atoms with E-state index in [2.05, 4.69) is 29.3 Å². The molecule has 0 atom stereocenters. The van der Waals surface area contributed by atoms with Gasteiger partial charge in [-0.25, -0.2) is 0 Å². The summed E-state index contributed by atoms with van der Waals surface area (Å²) >= 11 is 0. The largest absolute Gasteiger partial charge is 0.504 e. The number of benzene rings is 1. The molecule has 0 spiro atoms. The first-order valence-electron chi connectivity index (χ1n) is 8.34. The van der Waals surface area contributed by atoms with Gasteiger partial charge in [-0.2, -0.15) is 0 Å². The highest BCUT2D eigenvalue weighted by Gasteiger charge is 2.06. The third kappa shape index (κ3) is 7.26. The fourth-order valence-electron chi connectivity index (χ4n) is 2.06. The summed E-state index contributed by atoms with van der Waals surface area (Å²) < 4.78 is 10.4. The highest BCUT2D eigenvalue weighted by atomic mass is 16.5. The summed E-state index contributed by atoms with van der Waals surface area (Å²) in [6, 6.07) is 7.17. The van der Waals surface area contributed by atoms with Gasteiger partial charge in [0, 0.05) is 6.07 Å². The molecule has 0 radical (unpaired) electrons. The Kier molecular flexibility index (Phi) is 9.92. The molecule has 6 heteroatoms. The number of aryl methyl sites for hydroxylation is 1. The average molecular weight is 333 g/mol. The van der Waals surface area contributed by atoms with Crippen molar-refractivity contribution in [3.05, 3.63) is 36.0 Å². The van der Waals surface area contributed by atoms with Gasteiger partial charge < -0.3 is 14.6 Å². The van der Waals surface area contributed by atoms with Crippen LogP contribution >= 0.6 is 0 Å². The van der Waals surface area contributed by atoms with E-state index in [1.54, 1.807) is 12.1 Å². The number of hydrogen-bond acceptors (Lipinski definition) is 6. The second-order valence-electron chi connectivity index (χ2n) is 5.19. The number of unbranched alkanes of at least 4 members (excludes halogenated alkanes) is 3. The summed E-state index contributed by atoms with van der Waals surface area (Å²) in [7, 11) is 1.53. The molecule has 0 amide bonds. The van der Waals surface area contributed by atoms with Crippen LogP contribution in [0.5, 0.6) is 17.4 Å². The van der Waals surface area contributed by atoms with Crippen LogP contribution in [0.25, 0.3) is 0 Å². The summed E-state index contributed by atoms with van der Waals surface area (Å²) in [4.78, 5) is 0. The molecule has 0 saturated heterocycles. The van der Waals surface area contributed by atoms with Gasteiger partial charge in [0.25, 0.3) is 0 Å². The number of ether oxygens (including phenoxy) is 2. The number of para-hydroxylation sites is 1. The Hall–Kier alpha value is -2.37. The third-order valence-corrected chi connectivity index (χ3v) is 3.39. The zero-order valence-corrected chi connectivity index (χ0v) is 14.7. The minimum atomic E-state index is 0.259. The van der Waals surface area contributed by atoms with Crippen LogP contribution in [0.4, 0.5) is 0 Å². The zero-order valence-electron chi connectivity index (χ0n) is 14.7. The fourth-order valence-corrected chi connectivity index (χ4v) is 2.06. The molecule has 2 rings (SSSR count). The molecule has 0 unspecified atom stereocenters. The first kappa shape index (κ1) is 19.7. The van der Waals surface area contributed by atoms with Crippen LogP contribution in [0.15, 0.2) is 30.5 Å². The monoisotopic (exact) mass is 333 g/mol. The standard InChI is InChI=1S/C14H22O2.C4H5N3O/c1-3-5-6-7-11-16-14-12(4-2)9-8-10-13(14)15;1-8-4-2-3-5-7-6-4/h8-10,15H,3-7,11H2,1-2H3;2-3H,1H3. The second kappa shape index (κ2) is 12.1. The molecule has 6 nitrogen and oxygen atoms in total. The maximum absolute atomic E-state index is 9.70. The van der Waals surface area contributed by atoms with Gasteiger partial charge in [0.15, 0.2) is 11.5 Å². The van der Waals surface area contributed by atoms with E-state index in [4.69, 9.17) is 9.47 Å². The van der Waals surface area contributed by atoms with E-state index in [0.717, 1.165) is 18.4 Å². The number of phenolic OH excluding ortho intramolecular Hbond substituents is 1. The van der Waals surface area contributed by atoms with Crippen molar-refractivity contribution in [3.63, 3.8) is 0 Å². The summed E-state index contributed by atoms with van der Waals surface area (Å²) in [5.74, 6) is 1.41. The number of rotatable bonds is 8. The number of hydrogen-bond donors (Lipinski definition) is 1. The highest BCUT2D eigenvalue weighted by Crippen LogP contribution is 2.30.